The van der Waals surface area contributed by atoms with Gasteiger partial charge in [0.05, 0.1) is 5.75 Å². The molecule has 28 heavy (non-hydrogen) atoms. The molecule has 0 saturated heterocycles. The molecule has 0 aliphatic carbocycles. The van der Waals surface area contributed by atoms with Crippen molar-refractivity contribution in [3.05, 3.63) is 71.8 Å². The Kier molecular flexibility index (Phi) is 6.81. The molecule has 0 aliphatic heterocycles. The molecule has 0 bridgehead atoms. The summed E-state index contributed by atoms with van der Waals surface area (Å²) in [5.41, 5.74) is 1.88. The van der Waals surface area contributed by atoms with Crippen LogP contribution in [0.3, 0.4) is 0 Å². The number of thioether (sulfide) groups is 1. The highest BCUT2D eigenvalue weighted by molar-refractivity contribution is 7.99. The molecule has 3 aromatic rings. The highest BCUT2D eigenvalue weighted by atomic mass is 32.2. The van der Waals surface area contributed by atoms with Crippen molar-refractivity contribution in [1.29, 1.82) is 0 Å². The Labute approximate surface area is 168 Å². The Morgan fingerprint density at radius 1 is 1.04 bits per heavy atom. The van der Waals surface area contributed by atoms with Crippen molar-refractivity contribution in [2.75, 3.05) is 18.8 Å². The summed E-state index contributed by atoms with van der Waals surface area (Å²) < 4.78 is 15.3. The first-order valence-electron chi connectivity index (χ1n) is 9.27. The molecular weight excluding hydrogens is 375 g/mol. The fourth-order valence-corrected chi connectivity index (χ4v) is 3.80. The van der Waals surface area contributed by atoms with Gasteiger partial charge in [0.25, 0.3) is 0 Å². The molecule has 0 unspecified atom stereocenters. The van der Waals surface area contributed by atoms with Gasteiger partial charge in [-0.2, -0.15) is 0 Å². The highest BCUT2D eigenvalue weighted by Gasteiger charge is 2.18. The summed E-state index contributed by atoms with van der Waals surface area (Å²) in [6.45, 7) is 5.29. The molecule has 7 heteroatoms. The zero-order valence-corrected chi connectivity index (χ0v) is 16.8. The molecule has 0 aliphatic rings. The van der Waals surface area contributed by atoms with Crippen LogP contribution in [0, 0.1) is 5.82 Å². The Morgan fingerprint density at radius 2 is 1.71 bits per heavy atom. The third-order valence-corrected chi connectivity index (χ3v) is 5.34. The first-order chi connectivity index (χ1) is 13.6. The molecular formula is C21H23FN4OS. The molecule has 5 nitrogen and oxygen atoms in total. The Bertz CT molecular complexity index is 908. The number of rotatable bonds is 8. The van der Waals surface area contributed by atoms with Gasteiger partial charge in [0.15, 0.2) is 5.16 Å². The number of amides is 1. The van der Waals surface area contributed by atoms with Gasteiger partial charge in [-0.3, -0.25) is 9.36 Å². The lowest BCUT2D eigenvalue weighted by Crippen LogP contribution is -2.31. The summed E-state index contributed by atoms with van der Waals surface area (Å²) in [6.07, 6.45) is 0.593. The molecule has 146 valence electrons. The summed E-state index contributed by atoms with van der Waals surface area (Å²) >= 11 is 1.35. The van der Waals surface area contributed by atoms with Gasteiger partial charge >= 0.3 is 0 Å². The smallest absolute Gasteiger partial charge is 0.233 e. The molecule has 0 spiro atoms. The Hall–Kier alpha value is -2.67. The van der Waals surface area contributed by atoms with Crippen molar-refractivity contribution < 1.29 is 9.18 Å². The molecule has 3 rings (SSSR count). The van der Waals surface area contributed by atoms with E-state index < -0.39 is 0 Å². The van der Waals surface area contributed by atoms with E-state index in [0.717, 1.165) is 17.1 Å². The van der Waals surface area contributed by atoms with Crippen LogP contribution in [0.15, 0.2) is 59.8 Å². The van der Waals surface area contributed by atoms with Crippen LogP contribution in [0.2, 0.25) is 0 Å². The van der Waals surface area contributed by atoms with E-state index in [0.29, 0.717) is 24.7 Å². The third-order valence-electron chi connectivity index (χ3n) is 4.43. The molecule has 0 N–H and O–H groups in total. The van der Waals surface area contributed by atoms with Crippen LogP contribution in [-0.4, -0.2) is 44.4 Å². The van der Waals surface area contributed by atoms with E-state index in [-0.39, 0.29) is 17.5 Å². The largest absolute Gasteiger partial charge is 0.343 e. The van der Waals surface area contributed by atoms with Gasteiger partial charge in [-0.05, 0) is 43.7 Å². The van der Waals surface area contributed by atoms with Crippen molar-refractivity contribution in [2.45, 2.75) is 25.4 Å². The SMILES string of the molecule is CCN(CC)C(=O)CSc1nnc(Cc2ccccc2)n1-c1ccc(F)cc1. The van der Waals surface area contributed by atoms with Gasteiger partial charge in [0, 0.05) is 25.2 Å². The van der Waals surface area contributed by atoms with Gasteiger partial charge in [0.2, 0.25) is 5.91 Å². The van der Waals surface area contributed by atoms with E-state index >= 15 is 0 Å². The molecule has 0 saturated carbocycles. The molecule has 0 atom stereocenters. The minimum atomic E-state index is -0.299. The lowest BCUT2D eigenvalue weighted by molar-refractivity contribution is -0.127. The molecule has 1 amide bonds. The predicted molar refractivity (Wildman–Crippen MR) is 109 cm³/mol. The summed E-state index contributed by atoms with van der Waals surface area (Å²) in [5.74, 6) is 0.794. The first-order valence-corrected chi connectivity index (χ1v) is 10.3. The van der Waals surface area contributed by atoms with Crippen molar-refractivity contribution >= 4 is 17.7 Å². The monoisotopic (exact) mass is 398 g/mol. The minimum Gasteiger partial charge on any atom is -0.343 e. The second-order valence-electron chi connectivity index (χ2n) is 6.23. The van der Waals surface area contributed by atoms with Crippen LogP contribution in [0.5, 0.6) is 0 Å². The number of hydrogen-bond donors (Lipinski definition) is 0. The van der Waals surface area contributed by atoms with Gasteiger partial charge in [-0.15, -0.1) is 10.2 Å². The standard InChI is InChI=1S/C21H23FN4OS/c1-3-25(4-2)20(27)15-28-21-24-23-19(14-16-8-6-5-7-9-16)26(21)18-12-10-17(22)11-13-18/h5-13H,3-4,14-15H2,1-2H3. The van der Waals surface area contributed by atoms with E-state index in [2.05, 4.69) is 10.2 Å². The summed E-state index contributed by atoms with van der Waals surface area (Å²) in [5, 5.41) is 9.28. The maximum absolute atomic E-state index is 13.4. The van der Waals surface area contributed by atoms with Gasteiger partial charge in [0.1, 0.15) is 11.6 Å². The normalized spacial score (nSPS) is 10.8. The van der Waals surface area contributed by atoms with Crippen molar-refractivity contribution in [2.24, 2.45) is 0 Å². The Morgan fingerprint density at radius 3 is 2.36 bits per heavy atom. The van der Waals surface area contributed by atoms with Crippen LogP contribution in [0.4, 0.5) is 4.39 Å². The fourth-order valence-electron chi connectivity index (χ4n) is 2.93. The van der Waals surface area contributed by atoms with Crippen LogP contribution < -0.4 is 0 Å². The van der Waals surface area contributed by atoms with E-state index in [4.69, 9.17) is 0 Å². The average molecular weight is 399 g/mol. The van der Waals surface area contributed by atoms with Crippen LogP contribution >= 0.6 is 11.8 Å². The van der Waals surface area contributed by atoms with E-state index in [9.17, 15) is 9.18 Å². The van der Waals surface area contributed by atoms with Crippen LogP contribution in [0.1, 0.15) is 25.2 Å². The summed E-state index contributed by atoms with van der Waals surface area (Å²) in [6, 6.07) is 16.2. The van der Waals surface area contributed by atoms with Crippen molar-refractivity contribution in [1.82, 2.24) is 19.7 Å². The van der Waals surface area contributed by atoms with E-state index in [1.54, 1.807) is 17.0 Å². The molecule has 1 heterocycles. The minimum absolute atomic E-state index is 0.0632. The number of carbonyl (C=O) groups is 1. The zero-order chi connectivity index (χ0) is 19.9. The lowest BCUT2D eigenvalue weighted by atomic mass is 10.1. The number of carbonyl (C=O) groups excluding carboxylic acids is 1. The molecule has 2 aromatic carbocycles. The van der Waals surface area contributed by atoms with Crippen molar-refractivity contribution in [3.8, 4) is 5.69 Å². The fraction of sp³-hybridized carbons (Fsp3) is 0.286. The number of nitrogens with zero attached hydrogens (tertiary/aromatic N) is 4. The maximum Gasteiger partial charge on any atom is 0.233 e. The molecule has 0 radical (unpaired) electrons. The first kappa shape index (κ1) is 20.1. The average Bonchev–Trinajstić information content (AvgIpc) is 3.11. The number of benzene rings is 2. The Balaban J connectivity index is 1.89. The van der Waals surface area contributed by atoms with Gasteiger partial charge in [-0.25, -0.2) is 4.39 Å². The predicted octanol–water partition coefficient (Wildman–Crippen LogP) is 3.96. The number of aromatic nitrogens is 3. The third kappa shape index (κ3) is 4.78. The van der Waals surface area contributed by atoms with Gasteiger partial charge < -0.3 is 4.90 Å². The molecule has 1 aromatic heterocycles. The van der Waals surface area contributed by atoms with E-state index in [1.807, 2.05) is 48.7 Å². The quantitative estimate of drug-likeness (QED) is 0.539. The number of halogens is 1. The summed E-state index contributed by atoms with van der Waals surface area (Å²) in [4.78, 5) is 14.2. The van der Waals surface area contributed by atoms with Crippen LogP contribution in [0.25, 0.3) is 5.69 Å². The van der Waals surface area contributed by atoms with E-state index in [1.165, 1.54) is 23.9 Å². The van der Waals surface area contributed by atoms with Crippen LogP contribution in [-0.2, 0) is 11.2 Å². The lowest BCUT2D eigenvalue weighted by Gasteiger charge is -2.18. The molecule has 0 fully saturated rings. The second-order valence-corrected chi connectivity index (χ2v) is 7.17. The topological polar surface area (TPSA) is 51.0 Å². The van der Waals surface area contributed by atoms with Crippen molar-refractivity contribution in [3.63, 3.8) is 0 Å². The maximum atomic E-state index is 13.4. The number of hydrogen-bond acceptors (Lipinski definition) is 4. The second kappa shape index (κ2) is 9.50. The summed E-state index contributed by atoms with van der Waals surface area (Å²) in [7, 11) is 0. The highest BCUT2D eigenvalue weighted by Crippen LogP contribution is 2.24. The van der Waals surface area contributed by atoms with Gasteiger partial charge in [-0.1, -0.05) is 42.1 Å². The zero-order valence-electron chi connectivity index (χ0n) is 16.0.